The minimum Gasteiger partial charge on any atom is -0.303 e. The molecule has 5 heteroatoms. The third-order valence-corrected chi connectivity index (χ3v) is 4.65. The van der Waals surface area contributed by atoms with Crippen molar-refractivity contribution in [1.29, 1.82) is 0 Å². The maximum atomic E-state index is 11.3. The van der Waals surface area contributed by atoms with Crippen molar-refractivity contribution in [2.24, 2.45) is 0 Å². The van der Waals surface area contributed by atoms with E-state index in [-0.39, 0.29) is 11.3 Å². The number of aldehydes is 1. The van der Waals surface area contributed by atoms with Gasteiger partial charge in [-0.25, -0.2) is 9.50 Å². The lowest BCUT2D eigenvalue weighted by Crippen LogP contribution is -2.33. The van der Waals surface area contributed by atoms with Gasteiger partial charge in [0.25, 0.3) is 0 Å². The largest absolute Gasteiger partial charge is 0.303 e. The second-order valence-corrected chi connectivity index (χ2v) is 5.77. The molecule has 0 amide bonds. The molecule has 2 aliphatic carbocycles. The first-order valence-electron chi connectivity index (χ1n) is 6.23. The second-order valence-electron chi connectivity index (χ2n) is 5.38. The topological polar surface area (TPSA) is 47.3 Å². The normalized spacial score (nSPS) is 24.2. The maximum absolute atomic E-state index is 11.3. The molecule has 1 fully saturated rings. The van der Waals surface area contributed by atoms with Gasteiger partial charge in [-0.2, -0.15) is 5.10 Å². The molecule has 2 heterocycles. The molecule has 0 aliphatic heterocycles. The quantitative estimate of drug-likeness (QED) is 0.741. The number of aromatic nitrogens is 3. The zero-order chi connectivity index (χ0) is 12.3. The van der Waals surface area contributed by atoms with E-state index < -0.39 is 0 Å². The van der Waals surface area contributed by atoms with Gasteiger partial charge >= 0.3 is 0 Å². The molecule has 0 radical (unpaired) electrons. The number of carbonyl (C=O) groups excluding carboxylic acids is 1. The van der Waals surface area contributed by atoms with Crippen LogP contribution in [0.5, 0.6) is 0 Å². The number of carbonyl (C=O) groups is 1. The van der Waals surface area contributed by atoms with Crippen molar-refractivity contribution < 1.29 is 4.79 Å². The molecule has 1 saturated carbocycles. The Morgan fingerprint density at radius 1 is 1.50 bits per heavy atom. The van der Waals surface area contributed by atoms with Crippen LogP contribution in [0.25, 0.3) is 5.65 Å². The molecule has 2 aromatic rings. The van der Waals surface area contributed by atoms with Gasteiger partial charge in [0.1, 0.15) is 6.29 Å². The first kappa shape index (κ1) is 10.5. The Balaban J connectivity index is 2.06. The average Bonchev–Trinajstić information content (AvgIpc) is 2.84. The minimum absolute atomic E-state index is 0.0276. The molecule has 4 nitrogen and oxygen atoms in total. The number of hydrogen-bond donors (Lipinski definition) is 0. The van der Waals surface area contributed by atoms with E-state index in [1.54, 1.807) is 6.07 Å². The summed E-state index contributed by atoms with van der Waals surface area (Å²) in [5.74, 6) is -0.0276. The van der Waals surface area contributed by atoms with E-state index in [2.05, 4.69) is 10.1 Å². The van der Waals surface area contributed by atoms with Crippen LogP contribution >= 0.6 is 11.6 Å². The number of nitrogens with zero attached hydrogens (tertiary/aromatic N) is 3. The highest BCUT2D eigenvalue weighted by atomic mass is 35.5. The number of fused-ring (bicyclic) bond motifs is 4. The highest BCUT2D eigenvalue weighted by Crippen LogP contribution is 2.55. The van der Waals surface area contributed by atoms with Gasteiger partial charge in [0, 0.05) is 29.2 Å². The average molecular weight is 262 g/mol. The summed E-state index contributed by atoms with van der Waals surface area (Å²) in [5, 5.41) is 4.79. The Hall–Kier alpha value is -1.42. The molecule has 2 aliphatic rings. The summed E-state index contributed by atoms with van der Waals surface area (Å²) in [6, 6.07) is 1.77. The molecule has 18 heavy (non-hydrogen) atoms. The van der Waals surface area contributed by atoms with Gasteiger partial charge < -0.3 is 4.79 Å². The summed E-state index contributed by atoms with van der Waals surface area (Å²) in [4.78, 5) is 15.6. The third kappa shape index (κ3) is 1.14. The number of hydrogen-bond acceptors (Lipinski definition) is 3. The molecule has 0 bridgehead atoms. The lowest BCUT2D eigenvalue weighted by atomic mass is 9.66. The Morgan fingerprint density at radius 2 is 2.33 bits per heavy atom. The van der Waals surface area contributed by atoms with E-state index in [1.165, 1.54) is 12.1 Å². The second kappa shape index (κ2) is 3.32. The zero-order valence-electron chi connectivity index (χ0n) is 9.77. The monoisotopic (exact) mass is 261 g/mol. The van der Waals surface area contributed by atoms with Crippen molar-refractivity contribution in [3.8, 4) is 0 Å². The smallest absolute Gasteiger partial charge is 0.156 e. The maximum Gasteiger partial charge on any atom is 0.156 e. The van der Waals surface area contributed by atoms with Crippen molar-refractivity contribution in [3.63, 3.8) is 0 Å². The first-order valence-corrected chi connectivity index (χ1v) is 6.61. The summed E-state index contributed by atoms with van der Waals surface area (Å²) in [6.45, 7) is 0. The molecule has 4 rings (SSSR count). The minimum atomic E-state index is -0.0276. The van der Waals surface area contributed by atoms with Gasteiger partial charge in [0.05, 0.1) is 5.69 Å². The summed E-state index contributed by atoms with van der Waals surface area (Å²) in [5.41, 5.74) is 3.12. The van der Waals surface area contributed by atoms with Crippen LogP contribution in [0.4, 0.5) is 0 Å². The van der Waals surface area contributed by atoms with Gasteiger partial charge in [-0.3, -0.25) is 0 Å². The molecule has 92 valence electrons. The number of halogens is 1. The lowest BCUT2D eigenvalue weighted by Gasteiger charge is -2.39. The van der Waals surface area contributed by atoms with Crippen LogP contribution < -0.4 is 0 Å². The molecule has 0 saturated heterocycles. The van der Waals surface area contributed by atoms with Crippen molar-refractivity contribution >= 4 is 23.5 Å². The first-order chi connectivity index (χ1) is 8.73. The zero-order valence-corrected chi connectivity index (χ0v) is 10.5. The van der Waals surface area contributed by atoms with Gasteiger partial charge in [0.2, 0.25) is 0 Å². The van der Waals surface area contributed by atoms with E-state index >= 15 is 0 Å². The van der Waals surface area contributed by atoms with Crippen LogP contribution in [-0.2, 0) is 10.2 Å². The SMILES string of the molecule is O=CC1CC2(CCC2)c2c1cnc1cc(Cl)nn21. The standard InChI is InChI=1S/C13H12ClN3O/c14-10-4-11-15-6-9-8(7-18)5-13(2-1-3-13)12(9)17(11)16-10/h4,6-8H,1-3,5H2. The summed E-state index contributed by atoms with van der Waals surface area (Å²) >= 11 is 5.97. The molecule has 1 spiro atoms. The van der Waals surface area contributed by atoms with Crippen LogP contribution in [0, 0.1) is 0 Å². The van der Waals surface area contributed by atoms with E-state index in [0.29, 0.717) is 5.15 Å². The van der Waals surface area contributed by atoms with E-state index in [4.69, 9.17) is 11.6 Å². The van der Waals surface area contributed by atoms with Crippen LogP contribution in [-0.4, -0.2) is 20.9 Å². The van der Waals surface area contributed by atoms with Gasteiger partial charge in [-0.05, 0) is 19.3 Å². The van der Waals surface area contributed by atoms with Crippen molar-refractivity contribution in [3.05, 3.63) is 28.7 Å². The highest BCUT2D eigenvalue weighted by molar-refractivity contribution is 6.29. The third-order valence-electron chi connectivity index (χ3n) is 4.47. The Labute approximate surface area is 109 Å². The fraction of sp³-hybridized carbons (Fsp3) is 0.462. The Bertz CT molecular complexity index is 660. The predicted octanol–water partition coefficient (Wildman–Crippen LogP) is 2.49. The van der Waals surface area contributed by atoms with Crippen molar-refractivity contribution in [2.75, 3.05) is 0 Å². The summed E-state index contributed by atoms with van der Waals surface area (Å²) in [7, 11) is 0. The lowest BCUT2D eigenvalue weighted by molar-refractivity contribution is -0.109. The van der Waals surface area contributed by atoms with E-state index in [9.17, 15) is 4.79 Å². The molecule has 2 aromatic heterocycles. The molecule has 1 atom stereocenters. The Kier molecular flexibility index (Phi) is 1.94. The van der Waals surface area contributed by atoms with E-state index in [0.717, 1.165) is 36.8 Å². The molecular weight excluding hydrogens is 250 g/mol. The molecule has 0 aromatic carbocycles. The van der Waals surface area contributed by atoms with E-state index in [1.807, 2.05) is 10.7 Å². The summed E-state index contributed by atoms with van der Waals surface area (Å²) < 4.78 is 1.85. The van der Waals surface area contributed by atoms with Gasteiger partial charge in [-0.15, -0.1) is 0 Å². The van der Waals surface area contributed by atoms with Gasteiger partial charge in [0.15, 0.2) is 10.8 Å². The molecular formula is C13H12ClN3O. The van der Waals surface area contributed by atoms with Crippen molar-refractivity contribution in [2.45, 2.75) is 37.0 Å². The van der Waals surface area contributed by atoms with Crippen LogP contribution in [0.2, 0.25) is 5.15 Å². The number of rotatable bonds is 1. The molecule has 1 unspecified atom stereocenters. The van der Waals surface area contributed by atoms with Crippen LogP contribution in [0.15, 0.2) is 12.3 Å². The fourth-order valence-electron chi connectivity index (χ4n) is 3.51. The van der Waals surface area contributed by atoms with Crippen LogP contribution in [0.1, 0.15) is 42.9 Å². The van der Waals surface area contributed by atoms with Gasteiger partial charge in [-0.1, -0.05) is 18.0 Å². The van der Waals surface area contributed by atoms with Crippen molar-refractivity contribution in [1.82, 2.24) is 14.6 Å². The predicted molar refractivity (Wildman–Crippen MR) is 66.9 cm³/mol. The highest BCUT2D eigenvalue weighted by Gasteiger charge is 2.49. The fourth-order valence-corrected chi connectivity index (χ4v) is 3.69. The Morgan fingerprint density at radius 3 is 3.00 bits per heavy atom. The van der Waals surface area contributed by atoms with Crippen LogP contribution in [0.3, 0.4) is 0 Å². The molecule has 0 N–H and O–H groups in total. The summed E-state index contributed by atoms with van der Waals surface area (Å²) in [6.07, 6.45) is 7.29.